The Morgan fingerprint density at radius 2 is 1.65 bits per heavy atom. The zero-order valence-electron chi connectivity index (χ0n) is 10.2. The maximum atomic E-state index is 13.0. The molecule has 2 aromatic carbocycles. The van der Waals surface area contributed by atoms with Gasteiger partial charge in [-0.1, -0.05) is 30.3 Å². The number of alkyl halides is 3. The van der Waals surface area contributed by atoms with Gasteiger partial charge < -0.3 is 0 Å². The summed E-state index contributed by atoms with van der Waals surface area (Å²) < 4.78 is 51.4. The first-order valence-corrected chi connectivity index (χ1v) is 5.82. The minimum Gasteiger partial charge on any atom is -0.294 e. The van der Waals surface area contributed by atoms with Crippen molar-refractivity contribution in [2.75, 3.05) is 0 Å². The van der Waals surface area contributed by atoms with Crippen LogP contribution in [0.3, 0.4) is 0 Å². The third-order valence-corrected chi connectivity index (χ3v) is 2.79. The normalized spacial score (nSPS) is 11.4. The molecule has 20 heavy (non-hydrogen) atoms. The molecule has 0 N–H and O–H groups in total. The fourth-order valence-corrected chi connectivity index (χ4v) is 1.87. The molecule has 0 aliphatic heterocycles. The van der Waals surface area contributed by atoms with E-state index in [2.05, 4.69) is 0 Å². The number of halogens is 4. The lowest BCUT2D eigenvalue weighted by Gasteiger charge is -2.12. The predicted molar refractivity (Wildman–Crippen MR) is 65.9 cm³/mol. The van der Waals surface area contributed by atoms with Crippen molar-refractivity contribution in [3.63, 3.8) is 0 Å². The summed E-state index contributed by atoms with van der Waals surface area (Å²) >= 11 is 0. The molecule has 1 nitrogen and oxygen atoms in total. The van der Waals surface area contributed by atoms with E-state index in [0.29, 0.717) is 11.6 Å². The average Bonchev–Trinajstić information content (AvgIpc) is 2.38. The van der Waals surface area contributed by atoms with Gasteiger partial charge in [-0.05, 0) is 23.8 Å². The van der Waals surface area contributed by atoms with E-state index >= 15 is 0 Å². The van der Waals surface area contributed by atoms with Crippen molar-refractivity contribution >= 4 is 5.78 Å². The molecular formula is C15H10F4O. The van der Waals surface area contributed by atoms with Gasteiger partial charge in [0.05, 0.1) is 5.56 Å². The van der Waals surface area contributed by atoms with Gasteiger partial charge in [0.25, 0.3) is 0 Å². The van der Waals surface area contributed by atoms with E-state index in [0.717, 1.165) is 12.1 Å². The number of carbonyl (C=O) groups is 1. The third-order valence-electron chi connectivity index (χ3n) is 2.79. The second kappa shape index (κ2) is 5.45. The highest BCUT2D eigenvalue weighted by Crippen LogP contribution is 2.33. The largest absolute Gasteiger partial charge is 0.417 e. The second-order valence-electron chi connectivity index (χ2n) is 4.27. The number of benzene rings is 2. The number of Topliss-reactive ketones (excluding diaryl/α,β-unsaturated/α-hetero) is 1. The fraction of sp³-hybridized carbons (Fsp3) is 0.133. The van der Waals surface area contributed by atoms with Crippen molar-refractivity contribution < 1.29 is 22.4 Å². The topological polar surface area (TPSA) is 17.1 Å². The van der Waals surface area contributed by atoms with E-state index in [9.17, 15) is 22.4 Å². The molecule has 5 heteroatoms. The van der Waals surface area contributed by atoms with Crippen LogP contribution in [0, 0.1) is 5.82 Å². The van der Waals surface area contributed by atoms with Crippen LogP contribution in [0.4, 0.5) is 17.6 Å². The number of rotatable bonds is 3. The van der Waals surface area contributed by atoms with Crippen molar-refractivity contribution in [2.45, 2.75) is 12.6 Å². The van der Waals surface area contributed by atoms with E-state index < -0.39 is 28.9 Å². The Morgan fingerprint density at radius 3 is 2.25 bits per heavy atom. The van der Waals surface area contributed by atoms with Gasteiger partial charge in [0.2, 0.25) is 0 Å². The van der Waals surface area contributed by atoms with Gasteiger partial charge in [-0.25, -0.2) is 4.39 Å². The smallest absolute Gasteiger partial charge is 0.294 e. The standard InChI is InChI=1S/C15H10F4O/c16-11-6-7-12(13(9-11)15(17,18)19)14(20)8-10-4-2-1-3-5-10/h1-7,9H,8H2. The molecular weight excluding hydrogens is 272 g/mol. The Kier molecular flexibility index (Phi) is 3.88. The molecule has 0 fully saturated rings. The van der Waals surface area contributed by atoms with E-state index in [-0.39, 0.29) is 6.42 Å². The van der Waals surface area contributed by atoms with Crippen LogP contribution < -0.4 is 0 Å². The van der Waals surface area contributed by atoms with Crippen LogP contribution in [0.15, 0.2) is 48.5 Å². The van der Waals surface area contributed by atoms with Crippen molar-refractivity contribution in [3.05, 3.63) is 71.0 Å². The summed E-state index contributed by atoms with van der Waals surface area (Å²) in [6.45, 7) is 0. The SMILES string of the molecule is O=C(Cc1ccccc1)c1ccc(F)cc1C(F)(F)F. The monoisotopic (exact) mass is 282 g/mol. The molecule has 2 aromatic rings. The predicted octanol–water partition coefficient (Wildman–Crippen LogP) is 4.27. The van der Waals surface area contributed by atoms with Crippen molar-refractivity contribution in [3.8, 4) is 0 Å². The van der Waals surface area contributed by atoms with E-state index in [1.54, 1.807) is 30.3 Å². The Hall–Kier alpha value is -2.17. The van der Waals surface area contributed by atoms with Gasteiger partial charge in [-0.3, -0.25) is 4.79 Å². The quantitative estimate of drug-likeness (QED) is 0.607. The average molecular weight is 282 g/mol. The Bertz CT molecular complexity index is 618. The van der Waals surface area contributed by atoms with Crippen molar-refractivity contribution in [2.24, 2.45) is 0 Å². The maximum absolute atomic E-state index is 13.0. The van der Waals surface area contributed by atoms with Crippen molar-refractivity contribution in [1.82, 2.24) is 0 Å². The zero-order valence-corrected chi connectivity index (χ0v) is 10.2. The molecule has 0 aliphatic rings. The molecule has 0 saturated heterocycles. The van der Waals surface area contributed by atoms with Crippen LogP contribution >= 0.6 is 0 Å². The summed E-state index contributed by atoms with van der Waals surface area (Å²) in [5, 5.41) is 0. The molecule has 0 unspecified atom stereocenters. The Morgan fingerprint density at radius 1 is 1.00 bits per heavy atom. The minimum absolute atomic E-state index is 0.157. The molecule has 104 valence electrons. The van der Waals surface area contributed by atoms with Crippen LogP contribution in [-0.2, 0) is 12.6 Å². The van der Waals surface area contributed by atoms with Crippen LogP contribution in [0.2, 0.25) is 0 Å². The number of ketones is 1. The molecule has 0 atom stereocenters. The summed E-state index contributed by atoms with van der Waals surface area (Å²) in [6.07, 6.45) is -4.92. The summed E-state index contributed by atoms with van der Waals surface area (Å²) in [5.41, 5.74) is -1.14. The summed E-state index contributed by atoms with van der Waals surface area (Å²) in [5.74, 6) is -1.71. The molecule has 0 saturated carbocycles. The third kappa shape index (κ3) is 3.23. The summed E-state index contributed by atoms with van der Waals surface area (Å²) in [7, 11) is 0. The van der Waals surface area contributed by atoms with E-state index in [4.69, 9.17) is 0 Å². The first-order chi connectivity index (χ1) is 9.38. The van der Waals surface area contributed by atoms with Gasteiger partial charge in [0.1, 0.15) is 5.82 Å². The number of carbonyl (C=O) groups excluding carboxylic acids is 1. The molecule has 0 spiro atoms. The van der Waals surface area contributed by atoms with Crippen LogP contribution in [0.5, 0.6) is 0 Å². The maximum Gasteiger partial charge on any atom is 0.417 e. The summed E-state index contributed by atoms with van der Waals surface area (Å²) in [6, 6.07) is 10.5. The van der Waals surface area contributed by atoms with Crippen LogP contribution in [0.25, 0.3) is 0 Å². The highest BCUT2D eigenvalue weighted by atomic mass is 19.4. The Labute approximate surface area is 112 Å². The molecule has 0 amide bonds. The number of hydrogen-bond donors (Lipinski definition) is 0. The van der Waals surface area contributed by atoms with E-state index in [1.807, 2.05) is 0 Å². The lowest BCUT2D eigenvalue weighted by molar-refractivity contribution is -0.138. The van der Waals surface area contributed by atoms with Gasteiger partial charge in [-0.15, -0.1) is 0 Å². The van der Waals surface area contributed by atoms with Crippen LogP contribution in [-0.4, -0.2) is 5.78 Å². The minimum atomic E-state index is -4.76. The first kappa shape index (κ1) is 14.2. The summed E-state index contributed by atoms with van der Waals surface area (Å²) in [4.78, 5) is 12.0. The number of hydrogen-bond acceptors (Lipinski definition) is 1. The zero-order chi connectivity index (χ0) is 14.8. The van der Waals surface area contributed by atoms with E-state index in [1.165, 1.54) is 0 Å². The van der Waals surface area contributed by atoms with Gasteiger partial charge in [0, 0.05) is 12.0 Å². The molecule has 0 bridgehead atoms. The lowest BCUT2D eigenvalue weighted by atomic mass is 9.98. The van der Waals surface area contributed by atoms with Gasteiger partial charge >= 0.3 is 6.18 Å². The lowest BCUT2D eigenvalue weighted by Crippen LogP contribution is -2.15. The highest BCUT2D eigenvalue weighted by Gasteiger charge is 2.35. The molecule has 0 radical (unpaired) electrons. The molecule has 0 aliphatic carbocycles. The molecule has 0 aromatic heterocycles. The molecule has 2 rings (SSSR count). The van der Waals surface area contributed by atoms with Gasteiger partial charge in [0.15, 0.2) is 5.78 Å². The Balaban J connectivity index is 2.35. The highest BCUT2D eigenvalue weighted by molar-refractivity contribution is 5.99. The van der Waals surface area contributed by atoms with Crippen LogP contribution in [0.1, 0.15) is 21.5 Å². The fourth-order valence-electron chi connectivity index (χ4n) is 1.87. The second-order valence-corrected chi connectivity index (χ2v) is 4.27. The van der Waals surface area contributed by atoms with Gasteiger partial charge in [-0.2, -0.15) is 13.2 Å². The first-order valence-electron chi connectivity index (χ1n) is 5.82. The molecule has 0 heterocycles. The van der Waals surface area contributed by atoms with Crippen molar-refractivity contribution in [1.29, 1.82) is 0 Å².